The fourth-order valence-electron chi connectivity index (χ4n) is 1.11. The van der Waals surface area contributed by atoms with Gasteiger partial charge in [0.25, 0.3) is 5.91 Å². The second-order valence-corrected chi connectivity index (χ2v) is 4.69. The Balaban J connectivity index is 2.24. The number of hydrogen-bond donors (Lipinski definition) is 1. The molecule has 98 valence electrons. The predicted molar refractivity (Wildman–Crippen MR) is 72.8 cm³/mol. The van der Waals surface area contributed by atoms with Crippen LogP contribution in [0.25, 0.3) is 0 Å². The third kappa shape index (κ3) is 6.25. The Hall–Kier alpha value is -1.55. The fraction of sp³-hybridized carbons (Fsp3) is 0.385. The molecule has 0 aliphatic carbocycles. The number of halogens is 1. The largest absolute Gasteiger partial charge is 0.386 e. The molecule has 5 heteroatoms. The highest BCUT2D eigenvalue weighted by atomic mass is 35.5. The summed E-state index contributed by atoms with van der Waals surface area (Å²) in [6, 6.07) is 7.15. The van der Waals surface area contributed by atoms with Gasteiger partial charge in [0, 0.05) is 11.6 Å². The van der Waals surface area contributed by atoms with E-state index >= 15 is 0 Å². The number of benzene rings is 1. The molecule has 1 amide bonds. The minimum absolute atomic E-state index is 0.0726. The molecular formula is C13H17ClN2O2. The van der Waals surface area contributed by atoms with Gasteiger partial charge in [0.15, 0.2) is 6.61 Å². The van der Waals surface area contributed by atoms with E-state index in [1.54, 1.807) is 12.1 Å². The first kappa shape index (κ1) is 14.5. The molecule has 0 saturated carbocycles. The van der Waals surface area contributed by atoms with Gasteiger partial charge in [-0.15, -0.1) is 0 Å². The maximum atomic E-state index is 11.3. The molecule has 0 aromatic heterocycles. The molecule has 1 aromatic rings. The summed E-state index contributed by atoms with van der Waals surface area (Å²) in [5.41, 5.74) is 0.863. The van der Waals surface area contributed by atoms with Gasteiger partial charge in [-0.3, -0.25) is 4.79 Å². The first-order valence-electron chi connectivity index (χ1n) is 5.75. The summed E-state index contributed by atoms with van der Waals surface area (Å²) in [6.07, 6.45) is 1.53. The minimum atomic E-state index is -0.169. The van der Waals surface area contributed by atoms with Crippen LogP contribution in [0.3, 0.4) is 0 Å². The number of rotatable bonds is 6. The molecule has 1 N–H and O–H groups in total. The van der Waals surface area contributed by atoms with E-state index in [1.807, 2.05) is 26.0 Å². The molecule has 4 nitrogen and oxygen atoms in total. The Labute approximate surface area is 112 Å². The quantitative estimate of drug-likeness (QED) is 0.636. The molecule has 18 heavy (non-hydrogen) atoms. The first-order valence-corrected chi connectivity index (χ1v) is 6.13. The van der Waals surface area contributed by atoms with Crippen molar-refractivity contribution in [2.45, 2.75) is 13.8 Å². The van der Waals surface area contributed by atoms with E-state index in [0.717, 1.165) is 5.56 Å². The van der Waals surface area contributed by atoms with E-state index in [9.17, 15) is 4.79 Å². The molecule has 0 spiro atoms. The molecule has 0 unspecified atom stereocenters. The topological polar surface area (TPSA) is 50.7 Å². The normalized spacial score (nSPS) is 10.9. The van der Waals surface area contributed by atoms with Crippen LogP contribution in [0.2, 0.25) is 5.02 Å². The molecule has 0 bridgehead atoms. The van der Waals surface area contributed by atoms with Gasteiger partial charge in [-0.1, -0.05) is 42.7 Å². The lowest BCUT2D eigenvalue weighted by molar-refractivity contribution is -0.125. The second kappa shape index (κ2) is 7.71. The highest BCUT2D eigenvalue weighted by Crippen LogP contribution is 2.07. The van der Waals surface area contributed by atoms with Gasteiger partial charge in [0.05, 0.1) is 6.21 Å². The third-order valence-electron chi connectivity index (χ3n) is 2.05. The van der Waals surface area contributed by atoms with Crippen LogP contribution in [0, 0.1) is 5.92 Å². The molecule has 0 radical (unpaired) electrons. The van der Waals surface area contributed by atoms with E-state index in [0.29, 0.717) is 17.5 Å². The van der Waals surface area contributed by atoms with Crippen LogP contribution in [0.5, 0.6) is 0 Å². The molecule has 0 atom stereocenters. The molecule has 1 aromatic carbocycles. The Morgan fingerprint density at radius 1 is 1.44 bits per heavy atom. The summed E-state index contributed by atoms with van der Waals surface area (Å²) >= 11 is 5.75. The van der Waals surface area contributed by atoms with Crippen molar-refractivity contribution >= 4 is 23.7 Å². The smallest absolute Gasteiger partial charge is 0.260 e. The molecular weight excluding hydrogens is 252 g/mol. The Kier molecular flexibility index (Phi) is 6.22. The van der Waals surface area contributed by atoms with E-state index < -0.39 is 0 Å². The van der Waals surface area contributed by atoms with Gasteiger partial charge in [-0.2, -0.15) is 0 Å². The molecule has 0 aliphatic heterocycles. The van der Waals surface area contributed by atoms with Gasteiger partial charge >= 0.3 is 0 Å². The number of nitrogens with zero attached hydrogens (tertiary/aromatic N) is 1. The van der Waals surface area contributed by atoms with Crippen LogP contribution in [-0.2, 0) is 9.63 Å². The average molecular weight is 269 g/mol. The summed E-state index contributed by atoms with van der Waals surface area (Å²) in [5.74, 6) is 0.253. The number of nitrogens with one attached hydrogen (secondary N) is 1. The van der Waals surface area contributed by atoms with Crippen molar-refractivity contribution in [3.63, 3.8) is 0 Å². The molecule has 0 aliphatic rings. The lowest BCUT2D eigenvalue weighted by Crippen LogP contribution is -2.30. The Morgan fingerprint density at radius 2 is 2.11 bits per heavy atom. The zero-order chi connectivity index (χ0) is 13.4. The number of amides is 1. The van der Waals surface area contributed by atoms with Crippen molar-refractivity contribution in [1.29, 1.82) is 0 Å². The first-order chi connectivity index (χ1) is 8.58. The van der Waals surface area contributed by atoms with Crippen LogP contribution in [0.1, 0.15) is 19.4 Å². The van der Waals surface area contributed by atoms with Gasteiger partial charge in [0.2, 0.25) is 0 Å². The van der Waals surface area contributed by atoms with Crippen molar-refractivity contribution in [2.75, 3.05) is 13.2 Å². The number of hydrogen-bond acceptors (Lipinski definition) is 3. The van der Waals surface area contributed by atoms with Crippen molar-refractivity contribution < 1.29 is 9.63 Å². The number of carbonyl (C=O) groups is 1. The van der Waals surface area contributed by atoms with Crippen LogP contribution in [0.4, 0.5) is 0 Å². The highest BCUT2D eigenvalue weighted by molar-refractivity contribution is 6.30. The van der Waals surface area contributed by atoms with E-state index in [2.05, 4.69) is 10.5 Å². The standard InChI is InChI=1S/C13H17ClN2O2/c1-10(2)7-15-13(17)9-18-16-8-11-3-5-12(14)6-4-11/h3-6,8,10H,7,9H2,1-2H3,(H,15,17)/b16-8-. The van der Waals surface area contributed by atoms with E-state index in [-0.39, 0.29) is 12.5 Å². The lowest BCUT2D eigenvalue weighted by Gasteiger charge is -2.06. The average Bonchev–Trinajstić information content (AvgIpc) is 2.34. The SMILES string of the molecule is CC(C)CNC(=O)CO/N=C\c1ccc(Cl)cc1. The van der Waals surface area contributed by atoms with Crippen LogP contribution < -0.4 is 5.32 Å². The fourth-order valence-corrected chi connectivity index (χ4v) is 1.24. The lowest BCUT2D eigenvalue weighted by atomic mass is 10.2. The summed E-state index contributed by atoms with van der Waals surface area (Å²) in [6.45, 7) is 4.62. The molecule has 0 saturated heterocycles. The zero-order valence-electron chi connectivity index (χ0n) is 10.5. The van der Waals surface area contributed by atoms with Crippen LogP contribution in [0.15, 0.2) is 29.4 Å². The van der Waals surface area contributed by atoms with Gasteiger partial charge in [-0.25, -0.2) is 0 Å². The summed E-state index contributed by atoms with van der Waals surface area (Å²) < 4.78 is 0. The van der Waals surface area contributed by atoms with Gasteiger partial charge < -0.3 is 10.2 Å². The van der Waals surface area contributed by atoms with Crippen molar-refractivity contribution in [2.24, 2.45) is 11.1 Å². The van der Waals surface area contributed by atoms with Crippen molar-refractivity contribution in [1.82, 2.24) is 5.32 Å². The second-order valence-electron chi connectivity index (χ2n) is 4.26. The minimum Gasteiger partial charge on any atom is -0.386 e. The summed E-state index contributed by atoms with van der Waals surface area (Å²) in [4.78, 5) is 16.2. The predicted octanol–water partition coefficient (Wildman–Crippen LogP) is 2.46. The summed E-state index contributed by atoms with van der Waals surface area (Å²) in [7, 11) is 0. The van der Waals surface area contributed by atoms with Crippen LogP contribution >= 0.6 is 11.6 Å². The number of carbonyl (C=O) groups excluding carboxylic acids is 1. The van der Waals surface area contributed by atoms with E-state index in [4.69, 9.17) is 16.4 Å². The molecule has 1 rings (SSSR count). The van der Waals surface area contributed by atoms with Gasteiger partial charge in [-0.05, 0) is 23.6 Å². The Morgan fingerprint density at radius 3 is 2.72 bits per heavy atom. The maximum absolute atomic E-state index is 11.3. The third-order valence-corrected chi connectivity index (χ3v) is 2.30. The van der Waals surface area contributed by atoms with E-state index in [1.165, 1.54) is 6.21 Å². The molecule has 0 heterocycles. The highest BCUT2D eigenvalue weighted by Gasteiger charge is 2.01. The van der Waals surface area contributed by atoms with Crippen LogP contribution in [-0.4, -0.2) is 25.3 Å². The molecule has 0 fully saturated rings. The maximum Gasteiger partial charge on any atom is 0.260 e. The van der Waals surface area contributed by atoms with Crippen molar-refractivity contribution in [3.8, 4) is 0 Å². The monoisotopic (exact) mass is 268 g/mol. The Bertz CT molecular complexity index is 402. The van der Waals surface area contributed by atoms with Crippen molar-refractivity contribution in [3.05, 3.63) is 34.9 Å². The zero-order valence-corrected chi connectivity index (χ0v) is 11.3. The van der Waals surface area contributed by atoms with Gasteiger partial charge in [0.1, 0.15) is 0 Å². The summed E-state index contributed by atoms with van der Waals surface area (Å²) in [5, 5.41) is 7.11. The number of oxime groups is 1.